The van der Waals surface area contributed by atoms with E-state index in [2.05, 4.69) is 5.32 Å². The highest BCUT2D eigenvalue weighted by Gasteiger charge is 2.41. The first-order valence-corrected chi connectivity index (χ1v) is 8.91. The van der Waals surface area contributed by atoms with E-state index in [0.29, 0.717) is 5.02 Å². The van der Waals surface area contributed by atoms with Gasteiger partial charge in [0.2, 0.25) is 0 Å². The van der Waals surface area contributed by atoms with Crippen molar-refractivity contribution in [3.63, 3.8) is 0 Å². The number of esters is 1. The molecule has 0 bridgehead atoms. The summed E-state index contributed by atoms with van der Waals surface area (Å²) in [7, 11) is 0. The van der Waals surface area contributed by atoms with Crippen molar-refractivity contribution in [3.05, 3.63) is 70.2 Å². The number of nitrogens with zero attached hydrogens (tertiary/aromatic N) is 1. The van der Waals surface area contributed by atoms with E-state index in [4.69, 9.17) is 16.3 Å². The molecule has 0 fully saturated rings. The van der Waals surface area contributed by atoms with Gasteiger partial charge in [-0.1, -0.05) is 41.9 Å². The minimum atomic E-state index is -1.15. The number of fused-ring (bicyclic) bond motifs is 1. The number of amides is 3. The fourth-order valence-electron chi connectivity index (χ4n) is 2.81. The van der Waals surface area contributed by atoms with Crippen LogP contribution in [0.1, 0.15) is 33.2 Å². The summed E-state index contributed by atoms with van der Waals surface area (Å²) in [6.45, 7) is 1.03. The van der Waals surface area contributed by atoms with E-state index in [1.54, 1.807) is 36.4 Å². The van der Waals surface area contributed by atoms with Crippen molar-refractivity contribution in [3.8, 4) is 0 Å². The molecule has 2 aromatic carbocycles. The Balaban J connectivity index is 1.54. The maximum absolute atomic E-state index is 12.4. The topological polar surface area (TPSA) is 92.8 Å². The van der Waals surface area contributed by atoms with Crippen molar-refractivity contribution in [2.45, 2.75) is 19.5 Å². The Morgan fingerprint density at radius 3 is 2.21 bits per heavy atom. The number of rotatable bonds is 6. The molecule has 0 saturated carbocycles. The summed E-state index contributed by atoms with van der Waals surface area (Å²) in [5, 5.41) is 3.10. The van der Waals surface area contributed by atoms with Gasteiger partial charge in [0, 0.05) is 11.6 Å². The zero-order valence-corrected chi connectivity index (χ0v) is 15.7. The molecule has 28 heavy (non-hydrogen) atoms. The molecule has 1 aliphatic heterocycles. The van der Waals surface area contributed by atoms with E-state index in [9.17, 15) is 19.2 Å². The molecule has 1 atom stereocenters. The normalized spacial score (nSPS) is 13.9. The molecule has 0 saturated heterocycles. The van der Waals surface area contributed by atoms with Crippen LogP contribution in [0.2, 0.25) is 5.02 Å². The number of nitrogens with one attached hydrogen (secondary N) is 1. The Morgan fingerprint density at radius 1 is 1.04 bits per heavy atom. The highest BCUT2D eigenvalue weighted by atomic mass is 35.5. The third-order valence-electron chi connectivity index (χ3n) is 4.33. The number of hydrogen-bond acceptors (Lipinski definition) is 5. The van der Waals surface area contributed by atoms with Gasteiger partial charge in [0.15, 0.2) is 6.61 Å². The molecular formula is C20H17ClN2O5. The Hall–Kier alpha value is -3.19. The molecule has 144 valence electrons. The Labute approximate surface area is 166 Å². The summed E-state index contributed by atoms with van der Waals surface area (Å²) < 4.78 is 4.96. The quantitative estimate of drug-likeness (QED) is 0.592. The van der Waals surface area contributed by atoms with E-state index in [-0.39, 0.29) is 17.7 Å². The number of carbonyl (C=O) groups excluding carboxylic acids is 4. The van der Waals surface area contributed by atoms with Crippen LogP contribution in [0.5, 0.6) is 0 Å². The largest absolute Gasteiger partial charge is 0.454 e. The number of hydrogen-bond donors (Lipinski definition) is 1. The van der Waals surface area contributed by atoms with Gasteiger partial charge in [0.05, 0.1) is 11.1 Å². The van der Waals surface area contributed by atoms with Crippen molar-refractivity contribution < 1.29 is 23.9 Å². The van der Waals surface area contributed by atoms with E-state index < -0.39 is 36.3 Å². The standard InChI is InChI=1S/C20H17ClN2O5/c1-12(23-18(25)14-7-3-4-8-15(14)19(23)26)20(27)28-11-17(24)22-10-13-6-2-5-9-16(13)21/h2-9,12H,10-11H2,1H3,(H,22,24)/t12-/m1/s1. The van der Waals surface area contributed by atoms with E-state index in [0.717, 1.165) is 10.5 Å². The third-order valence-corrected chi connectivity index (χ3v) is 4.70. The zero-order chi connectivity index (χ0) is 20.3. The smallest absolute Gasteiger partial charge is 0.329 e. The molecule has 3 rings (SSSR count). The van der Waals surface area contributed by atoms with Gasteiger partial charge in [-0.3, -0.25) is 19.3 Å². The van der Waals surface area contributed by atoms with Gasteiger partial charge in [-0.25, -0.2) is 4.79 Å². The van der Waals surface area contributed by atoms with Crippen LogP contribution in [0.4, 0.5) is 0 Å². The lowest BCUT2D eigenvalue weighted by Crippen LogP contribution is -2.44. The maximum atomic E-state index is 12.4. The molecule has 3 amide bonds. The molecule has 1 heterocycles. The van der Waals surface area contributed by atoms with E-state index in [1.165, 1.54) is 19.1 Å². The highest BCUT2D eigenvalue weighted by Crippen LogP contribution is 2.24. The first-order chi connectivity index (χ1) is 13.4. The fraction of sp³-hybridized carbons (Fsp3) is 0.200. The van der Waals surface area contributed by atoms with E-state index >= 15 is 0 Å². The molecule has 0 radical (unpaired) electrons. The molecule has 1 N–H and O–H groups in total. The van der Waals surface area contributed by atoms with Crippen molar-refractivity contribution in [1.82, 2.24) is 10.2 Å². The average Bonchev–Trinajstić information content (AvgIpc) is 2.95. The SMILES string of the molecule is C[C@H](C(=O)OCC(=O)NCc1ccccc1Cl)N1C(=O)c2ccccc2C1=O. The lowest BCUT2D eigenvalue weighted by molar-refractivity contribution is -0.151. The molecule has 7 nitrogen and oxygen atoms in total. The summed E-state index contributed by atoms with van der Waals surface area (Å²) in [5.41, 5.74) is 1.21. The van der Waals surface area contributed by atoms with Crippen LogP contribution >= 0.6 is 11.6 Å². The second-order valence-electron chi connectivity index (χ2n) is 6.18. The highest BCUT2D eigenvalue weighted by molar-refractivity contribution is 6.31. The summed E-state index contributed by atoms with van der Waals surface area (Å²) in [5.74, 6) is -2.49. The Kier molecular flexibility index (Phi) is 5.75. The monoisotopic (exact) mass is 400 g/mol. The van der Waals surface area contributed by atoms with Gasteiger partial charge in [-0.15, -0.1) is 0 Å². The number of imide groups is 1. The van der Waals surface area contributed by atoms with Gasteiger partial charge in [-0.2, -0.15) is 0 Å². The molecule has 2 aromatic rings. The van der Waals surface area contributed by atoms with Gasteiger partial charge in [-0.05, 0) is 30.7 Å². The minimum Gasteiger partial charge on any atom is -0.454 e. The summed E-state index contributed by atoms with van der Waals surface area (Å²) >= 11 is 6.01. The second kappa shape index (κ2) is 8.22. The first kappa shape index (κ1) is 19.6. The van der Waals surface area contributed by atoms with Gasteiger partial charge in [0.25, 0.3) is 17.7 Å². The average molecular weight is 401 g/mol. The lowest BCUT2D eigenvalue weighted by atomic mass is 10.1. The van der Waals surface area contributed by atoms with Gasteiger partial charge < -0.3 is 10.1 Å². The number of ether oxygens (including phenoxy) is 1. The Morgan fingerprint density at radius 2 is 1.61 bits per heavy atom. The van der Waals surface area contributed by atoms with Gasteiger partial charge in [0.1, 0.15) is 6.04 Å². The molecule has 1 aliphatic rings. The molecular weight excluding hydrogens is 384 g/mol. The van der Waals surface area contributed by atoms with Crippen LogP contribution in [0.3, 0.4) is 0 Å². The van der Waals surface area contributed by atoms with Crippen LogP contribution < -0.4 is 5.32 Å². The van der Waals surface area contributed by atoms with Gasteiger partial charge >= 0.3 is 5.97 Å². The number of benzene rings is 2. The van der Waals surface area contributed by atoms with Crippen molar-refractivity contribution in [2.24, 2.45) is 0 Å². The Bertz CT molecular complexity index is 924. The van der Waals surface area contributed by atoms with E-state index in [1.807, 2.05) is 0 Å². The number of halogens is 1. The van der Waals surface area contributed by atoms with Crippen LogP contribution in [0.15, 0.2) is 48.5 Å². The van der Waals surface area contributed by atoms with Crippen LogP contribution in [-0.4, -0.2) is 41.2 Å². The van der Waals surface area contributed by atoms with Crippen molar-refractivity contribution in [1.29, 1.82) is 0 Å². The summed E-state index contributed by atoms with van der Waals surface area (Å²) in [6, 6.07) is 12.2. The second-order valence-corrected chi connectivity index (χ2v) is 6.58. The predicted octanol–water partition coefficient (Wildman–Crippen LogP) is 2.18. The molecule has 0 aromatic heterocycles. The summed E-state index contributed by atoms with van der Waals surface area (Å²) in [6.07, 6.45) is 0. The molecule has 0 aliphatic carbocycles. The minimum absolute atomic E-state index is 0.185. The van der Waals surface area contributed by atoms with Crippen LogP contribution in [-0.2, 0) is 20.9 Å². The van der Waals surface area contributed by atoms with Crippen molar-refractivity contribution >= 4 is 35.3 Å². The first-order valence-electron chi connectivity index (χ1n) is 8.54. The maximum Gasteiger partial charge on any atom is 0.329 e. The molecule has 0 spiro atoms. The van der Waals surface area contributed by atoms with Crippen LogP contribution in [0, 0.1) is 0 Å². The molecule has 8 heteroatoms. The third kappa shape index (κ3) is 3.89. The van der Waals surface area contributed by atoms with Crippen molar-refractivity contribution in [2.75, 3.05) is 6.61 Å². The zero-order valence-electron chi connectivity index (χ0n) is 15.0. The fourth-order valence-corrected chi connectivity index (χ4v) is 3.01. The predicted molar refractivity (Wildman–Crippen MR) is 101 cm³/mol. The number of carbonyl (C=O) groups is 4. The molecule has 0 unspecified atom stereocenters. The summed E-state index contributed by atoms with van der Waals surface area (Å²) in [4.78, 5) is 49.8. The lowest BCUT2D eigenvalue weighted by Gasteiger charge is -2.20. The van der Waals surface area contributed by atoms with Crippen LogP contribution in [0.25, 0.3) is 0 Å².